The third-order valence-corrected chi connectivity index (χ3v) is 5.81. The van der Waals surface area contributed by atoms with Crippen molar-refractivity contribution in [3.8, 4) is 21.6 Å². The molecule has 3 aromatic rings. The zero-order valence-corrected chi connectivity index (χ0v) is 14.3. The summed E-state index contributed by atoms with van der Waals surface area (Å²) in [4.78, 5) is 12.8. The topological polar surface area (TPSA) is 51.2 Å². The second-order valence-corrected chi connectivity index (χ2v) is 8.41. The molecule has 6 heteroatoms. The van der Waals surface area contributed by atoms with E-state index in [1.54, 1.807) is 30.3 Å². The van der Waals surface area contributed by atoms with Crippen LogP contribution >= 0.6 is 11.3 Å². The summed E-state index contributed by atoms with van der Waals surface area (Å²) in [7, 11) is -3.26. The molecule has 3 rings (SSSR count). The molecule has 2 aromatic carbocycles. The molecule has 0 fully saturated rings. The predicted octanol–water partition coefficient (Wildman–Crippen LogP) is 4.44. The van der Waals surface area contributed by atoms with Crippen LogP contribution in [0.1, 0.15) is 9.67 Å². The summed E-state index contributed by atoms with van der Waals surface area (Å²) in [6.07, 6.45) is 1.92. The number of rotatable bonds is 4. The van der Waals surface area contributed by atoms with Crippen LogP contribution in [0.2, 0.25) is 0 Å². The van der Waals surface area contributed by atoms with Gasteiger partial charge in [-0.1, -0.05) is 24.3 Å². The van der Waals surface area contributed by atoms with Crippen LogP contribution in [0.25, 0.3) is 21.6 Å². The molecule has 1 aromatic heterocycles. The fourth-order valence-corrected chi connectivity index (χ4v) is 4.01. The number of carbonyl (C=O) groups is 1. The Balaban J connectivity index is 2.12. The van der Waals surface area contributed by atoms with E-state index in [1.165, 1.54) is 35.6 Å². The van der Waals surface area contributed by atoms with E-state index >= 15 is 0 Å². The standard InChI is InChI=1S/C18H13FO3S2/c1-24(21,22)16-8-4-12(5-9-16)17-10-15(11-20)23-18(17)13-2-6-14(19)7-3-13/h2-11H,1H3. The maximum Gasteiger partial charge on any atom is 0.175 e. The van der Waals surface area contributed by atoms with Gasteiger partial charge in [-0.15, -0.1) is 11.3 Å². The van der Waals surface area contributed by atoms with Gasteiger partial charge in [0.25, 0.3) is 0 Å². The highest BCUT2D eigenvalue weighted by atomic mass is 32.2. The van der Waals surface area contributed by atoms with Gasteiger partial charge in [0.2, 0.25) is 0 Å². The van der Waals surface area contributed by atoms with E-state index in [2.05, 4.69) is 0 Å². The lowest BCUT2D eigenvalue weighted by atomic mass is 10.0. The van der Waals surface area contributed by atoms with Crippen molar-refractivity contribution in [3.63, 3.8) is 0 Å². The lowest BCUT2D eigenvalue weighted by Crippen LogP contribution is -1.96. The molecule has 0 amide bonds. The first-order chi connectivity index (χ1) is 11.4. The summed E-state index contributed by atoms with van der Waals surface area (Å²) in [6, 6.07) is 14.3. The highest BCUT2D eigenvalue weighted by Crippen LogP contribution is 2.39. The highest BCUT2D eigenvalue weighted by Gasteiger charge is 2.14. The fourth-order valence-electron chi connectivity index (χ4n) is 2.38. The normalized spacial score (nSPS) is 11.4. The Morgan fingerprint density at radius 3 is 2.08 bits per heavy atom. The molecule has 0 spiro atoms. The first-order valence-electron chi connectivity index (χ1n) is 7.04. The van der Waals surface area contributed by atoms with Crippen molar-refractivity contribution in [1.29, 1.82) is 0 Å². The van der Waals surface area contributed by atoms with Gasteiger partial charge in [-0.25, -0.2) is 12.8 Å². The van der Waals surface area contributed by atoms with Crippen molar-refractivity contribution in [3.05, 3.63) is 65.3 Å². The Hall–Kier alpha value is -2.31. The second-order valence-electron chi connectivity index (χ2n) is 5.31. The summed E-state index contributed by atoms with van der Waals surface area (Å²) in [5, 5.41) is 0. The molecular weight excluding hydrogens is 347 g/mol. The summed E-state index contributed by atoms with van der Waals surface area (Å²) in [5.41, 5.74) is 2.41. The fraction of sp³-hybridized carbons (Fsp3) is 0.0556. The zero-order valence-electron chi connectivity index (χ0n) is 12.7. The maximum atomic E-state index is 13.1. The van der Waals surface area contributed by atoms with Gasteiger partial charge >= 0.3 is 0 Å². The Morgan fingerprint density at radius 1 is 0.958 bits per heavy atom. The van der Waals surface area contributed by atoms with Crippen LogP contribution in [0.5, 0.6) is 0 Å². The van der Waals surface area contributed by atoms with Crippen LogP contribution in [-0.4, -0.2) is 21.0 Å². The van der Waals surface area contributed by atoms with E-state index in [9.17, 15) is 17.6 Å². The quantitative estimate of drug-likeness (QED) is 0.647. The molecule has 0 atom stereocenters. The molecule has 0 aliphatic rings. The van der Waals surface area contributed by atoms with E-state index in [0.29, 0.717) is 4.88 Å². The van der Waals surface area contributed by atoms with Crippen molar-refractivity contribution in [2.45, 2.75) is 4.90 Å². The molecule has 0 bridgehead atoms. The van der Waals surface area contributed by atoms with Crippen LogP contribution in [0.4, 0.5) is 4.39 Å². The third-order valence-electron chi connectivity index (χ3n) is 3.57. The molecule has 3 nitrogen and oxygen atoms in total. The van der Waals surface area contributed by atoms with Gasteiger partial charge in [0.05, 0.1) is 9.77 Å². The zero-order chi connectivity index (χ0) is 17.3. The first-order valence-corrected chi connectivity index (χ1v) is 9.75. The average molecular weight is 360 g/mol. The number of aldehydes is 1. The number of hydrogen-bond donors (Lipinski definition) is 0. The first kappa shape index (κ1) is 16.5. The number of hydrogen-bond acceptors (Lipinski definition) is 4. The smallest absolute Gasteiger partial charge is 0.175 e. The molecule has 1 heterocycles. The van der Waals surface area contributed by atoms with Crippen LogP contribution < -0.4 is 0 Å². The second kappa shape index (κ2) is 6.30. The molecule has 24 heavy (non-hydrogen) atoms. The van der Waals surface area contributed by atoms with Gasteiger partial charge in [-0.3, -0.25) is 4.79 Å². The molecule has 0 saturated carbocycles. The monoisotopic (exact) mass is 360 g/mol. The summed E-state index contributed by atoms with van der Waals surface area (Å²) in [6.45, 7) is 0. The molecular formula is C18H13FO3S2. The Labute approximate surface area is 143 Å². The molecule has 0 N–H and O–H groups in total. The van der Waals surface area contributed by atoms with Gasteiger partial charge in [0.15, 0.2) is 16.1 Å². The van der Waals surface area contributed by atoms with E-state index in [-0.39, 0.29) is 10.7 Å². The molecule has 0 aliphatic heterocycles. The van der Waals surface area contributed by atoms with Gasteiger partial charge in [0.1, 0.15) is 5.82 Å². The summed E-state index contributed by atoms with van der Waals surface area (Å²) < 4.78 is 36.3. The van der Waals surface area contributed by atoms with Crippen LogP contribution in [0, 0.1) is 5.82 Å². The predicted molar refractivity (Wildman–Crippen MR) is 93.6 cm³/mol. The number of sulfone groups is 1. The Kier molecular flexibility index (Phi) is 4.34. The van der Waals surface area contributed by atoms with E-state index < -0.39 is 9.84 Å². The van der Waals surface area contributed by atoms with Crippen molar-refractivity contribution >= 4 is 27.5 Å². The van der Waals surface area contributed by atoms with Crippen molar-refractivity contribution in [2.24, 2.45) is 0 Å². The van der Waals surface area contributed by atoms with Gasteiger partial charge in [-0.2, -0.15) is 0 Å². The largest absolute Gasteiger partial charge is 0.297 e. The van der Waals surface area contributed by atoms with E-state index in [0.717, 1.165) is 34.1 Å². The number of halogens is 1. The van der Waals surface area contributed by atoms with E-state index in [1.807, 2.05) is 0 Å². The Bertz CT molecular complexity index is 986. The molecule has 0 saturated heterocycles. The molecule has 0 aliphatic carbocycles. The number of carbonyl (C=O) groups excluding carboxylic acids is 1. The van der Waals surface area contributed by atoms with Crippen molar-refractivity contribution in [1.82, 2.24) is 0 Å². The van der Waals surface area contributed by atoms with Gasteiger partial charge in [-0.05, 0) is 41.5 Å². The van der Waals surface area contributed by atoms with Gasteiger partial charge < -0.3 is 0 Å². The lowest BCUT2D eigenvalue weighted by molar-refractivity contribution is 0.112. The summed E-state index contributed by atoms with van der Waals surface area (Å²) >= 11 is 1.31. The molecule has 0 radical (unpaired) electrons. The van der Waals surface area contributed by atoms with Crippen LogP contribution in [0.3, 0.4) is 0 Å². The molecule has 0 unspecified atom stereocenters. The number of thiophene rings is 1. The average Bonchev–Trinajstić information content (AvgIpc) is 2.99. The SMILES string of the molecule is CS(=O)(=O)c1ccc(-c2cc(C=O)sc2-c2ccc(F)cc2)cc1. The number of benzene rings is 2. The maximum absolute atomic E-state index is 13.1. The van der Waals surface area contributed by atoms with Crippen LogP contribution in [-0.2, 0) is 9.84 Å². The van der Waals surface area contributed by atoms with Crippen LogP contribution in [0.15, 0.2) is 59.5 Å². The highest BCUT2D eigenvalue weighted by molar-refractivity contribution is 7.90. The minimum atomic E-state index is -3.26. The third kappa shape index (κ3) is 3.29. The van der Waals surface area contributed by atoms with Gasteiger partial charge in [0, 0.05) is 16.7 Å². The minimum absolute atomic E-state index is 0.237. The minimum Gasteiger partial charge on any atom is -0.297 e. The Morgan fingerprint density at radius 2 is 1.54 bits per heavy atom. The van der Waals surface area contributed by atoms with Crippen molar-refractivity contribution in [2.75, 3.05) is 6.26 Å². The van der Waals surface area contributed by atoms with E-state index in [4.69, 9.17) is 0 Å². The van der Waals surface area contributed by atoms with Crippen molar-refractivity contribution < 1.29 is 17.6 Å². The summed E-state index contributed by atoms with van der Waals surface area (Å²) in [5.74, 6) is -0.329. The molecule has 122 valence electrons. The lowest BCUT2D eigenvalue weighted by Gasteiger charge is -2.06.